The minimum absolute atomic E-state index is 0.129. The van der Waals surface area contributed by atoms with Crippen LogP contribution in [-0.4, -0.2) is 22.1 Å². The molecule has 0 fully saturated rings. The number of hydrogen-bond acceptors (Lipinski definition) is 3. The maximum atomic E-state index is 13.9. The fraction of sp³-hybridized carbons (Fsp3) is 0.207. The number of allylic oxidation sites excluding steroid dienone is 1. The van der Waals surface area contributed by atoms with Crippen LogP contribution in [0.15, 0.2) is 71.7 Å². The number of nitrogens with one attached hydrogen (secondary N) is 2. The highest BCUT2D eigenvalue weighted by atomic mass is 19.1. The summed E-state index contributed by atoms with van der Waals surface area (Å²) in [6.07, 6.45) is 5.39. The van der Waals surface area contributed by atoms with Crippen molar-refractivity contribution in [2.75, 3.05) is 0 Å². The number of carbonyl (C=O) groups is 1. The first-order valence-electron chi connectivity index (χ1n) is 11.8. The summed E-state index contributed by atoms with van der Waals surface area (Å²) in [6, 6.07) is 18.4. The lowest BCUT2D eigenvalue weighted by Gasteiger charge is -2.07. The van der Waals surface area contributed by atoms with E-state index in [1.807, 2.05) is 50.4 Å². The van der Waals surface area contributed by atoms with E-state index in [1.165, 1.54) is 6.07 Å². The molecule has 2 aromatic carbocycles. The van der Waals surface area contributed by atoms with Crippen LogP contribution >= 0.6 is 0 Å². The molecule has 2 heterocycles. The highest BCUT2D eigenvalue weighted by Gasteiger charge is 2.13. The number of carbonyl (C=O) groups excluding carboxylic acids is 1. The number of aromatic amines is 1. The van der Waals surface area contributed by atoms with Crippen molar-refractivity contribution >= 4 is 28.7 Å². The molecule has 6 heteroatoms. The third kappa shape index (κ3) is 5.72. The van der Waals surface area contributed by atoms with Gasteiger partial charge in [-0.3, -0.25) is 14.8 Å². The number of amides is 1. The Bertz CT molecular complexity index is 1420. The molecular weight excluding hydrogens is 439 g/mol. The number of aryl methyl sites for hydroxylation is 1. The van der Waals surface area contributed by atoms with Gasteiger partial charge in [-0.2, -0.15) is 0 Å². The number of aromatic nitrogens is 2. The van der Waals surface area contributed by atoms with Crippen molar-refractivity contribution in [2.24, 2.45) is 4.99 Å². The largest absolute Gasteiger partial charge is 0.350 e. The van der Waals surface area contributed by atoms with Crippen LogP contribution in [0.25, 0.3) is 16.6 Å². The molecule has 0 radical (unpaired) electrons. The fourth-order valence-corrected chi connectivity index (χ4v) is 4.05. The first-order valence-corrected chi connectivity index (χ1v) is 11.8. The van der Waals surface area contributed by atoms with Crippen LogP contribution in [0.1, 0.15) is 58.8 Å². The van der Waals surface area contributed by atoms with Gasteiger partial charge in [-0.25, -0.2) is 4.39 Å². The van der Waals surface area contributed by atoms with Crippen molar-refractivity contribution in [3.05, 3.63) is 106 Å². The van der Waals surface area contributed by atoms with Crippen molar-refractivity contribution in [1.29, 1.82) is 0 Å². The van der Waals surface area contributed by atoms with Crippen LogP contribution in [0, 0.1) is 12.7 Å². The Hall–Kier alpha value is -4.06. The zero-order valence-corrected chi connectivity index (χ0v) is 20.2. The molecule has 35 heavy (non-hydrogen) atoms. The molecule has 178 valence electrons. The third-order valence-electron chi connectivity index (χ3n) is 5.77. The normalized spacial score (nSPS) is 11.9. The van der Waals surface area contributed by atoms with Gasteiger partial charge < -0.3 is 10.3 Å². The van der Waals surface area contributed by atoms with Crippen LogP contribution in [0.3, 0.4) is 0 Å². The van der Waals surface area contributed by atoms with Gasteiger partial charge in [0.05, 0.1) is 11.4 Å². The van der Waals surface area contributed by atoms with E-state index in [1.54, 1.807) is 18.2 Å². The van der Waals surface area contributed by atoms with E-state index in [0.717, 1.165) is 45.5 Å². The van der Waals surface area contributed by atoms with E-state index in [2.05, 4.69) is 34.3 Å². The Labute approximate surface area is 204 Å². The number of benzene rings is 2. The van der Waals surface area contributed by atoms with E-state index in [0.29, 0.717) is 17.7 Å². The summed E-state index contributed by atoms with van der Waals surface area (Å²) in [5, 5.41) is 3.74. The Morgan fingerprint density at radius 1 is 1.14 bits per heavy atom. The summed E-state index contributed by atoms with van der Waals surface area (Å²) in [7, 11) is 0. The number of H-pyrrole nitrogens is 1. The Balaban J connectivity index is 1.53. The average molecular weight is 469 g/mol. The number of fused-ring (bicyclic) bond motifs is 1. The molecule has 1 amide bonds. The predicted molar refractivity (Wildman–Crippen MR) is 140 cm³/mol. The van der Waals surface area contributed by atoms with E-state index >= 15 is 0 Å². The zero-order valence-electron chi connectivity index (χ0n) is 20.2. The molecule has 0 saturated carbocycles. The van der Waals surface area contributed by atoms with Gasteiger partial charge in [-0.15, -0.1) is 0 Å². The smallest absolute Gasteiger partial charge is 0.267 e. The Morgan fingerprint density at radius 2 is 1.97 bits per heavy atom. The highest BCUT2D eigenvalue weighted by molar-refractivity contribution is 5.98. The molecule has 0 aliphatic rings. The number of rotatable bonds is 8. The molecule has 0 aliphatic heterocycles. The first kappa shape index (κ1) is 24.1. The lowest BCUT2D eigenvalue weighted by atomic mass is 10.0. The number of hydrogen-bond donors (Lipinski definition) is 2. The van der Waals surface area contributed by atoms with Crippen LogP contribution in [-0.2, 0) is 13.0 Å². The number of halogens is 1. The third-order valence-corrected chi connectivity index (χ3v) is 5.77. The predicted octanol–water partition coefficient (Wildman–Crippen LogP) is 6.37. The van der Waals surface area contributed by atoms with Gasteiger partial charge >= 0.3 is 0 Å². The van der Waals surface area contributed by atoms with Crippen molar-refractivity contribution in [3.8, 4) is 0 Å². The molecule has 0 aliphatic carbocycles. The second-order valence-electron chi connectivity index (χ2n) is 8.42. The fourth-order valence-electron chi connectivity index (χ4n) is 4.05. The molecule has 0 atom stereocenters. The second kappa shape index (κ2) is 10.9. The maximum Gasteiger partial charge on any atom is 0.267 e. The molecule has 4 aromatic rings. The van der Waals surface area contributed by atoms with Gasteiger partial charge in [0, 0.05) is 41.3 Å². The molecule has 0 spiro atoms. The van der Waals surface area contributed by atoms with Gasteiger partial charge in [0.25, 0.3) is 5.91 Å². The van der Waals surface area contributed by atoms with Crippen molar-refractivity contribution in [2.45, 2.75) is 40.2 Å². The highest BCUT2D eigenvalue weighted by Crippen LogP contribution is 2.24. The SMILES string of the molecule is C/C=C(\N=CCC)c1cccc(Cc2cc(C)c3[nH]c(C(=O)NCc4ccccc4F)cc3c2)n1. The van der Waals surface area contributed by atoms with Gasteiger partial charge in [-0.1, -0.05) is 43.3 Å². The molecule has 2 N–H and O–H groups in total. The molecule has 0 bridgehead atoms. The van der Waals surface area contributed by atoms with E-state index in [9.17, 15) is 9.18 Å². The molecule has 0 saturated heterocycles. The Morgan fingerprint density at radius 3 is 2.74 bits per heavy atom. The van der Waals surface area contributed by atoms with Crippen molar-refractivity contribution in [1.82, 2.24) is 15.3 Å². The lowest BCUT2D eigenvalue weighted by molar-refractivity contribution is 0.0946. The average Bonchev–Trinajstić information content (AvgIpc) is 3.29. The van der Waals surface area contributed by atoms with E-state index < -0.39 is 0 Å². The monoisotopic (exact) mass is 468 g/mol. The zero-order chi connectivity index (χ0) is 24.8. The maximum absolute atomic E-state index is 13.9. The summed E-state index contributed by atoms with van der Waals surface area (Å²) in [5.41, 5.74) is 6.62. The summed E-state index contributed by atoms with van der Waals surface area (Å²) in [5.74, 6) is -0.604. The van der Waals surface area contributed by atoms with Gasteiger partial charge in [0.1, 0.15) is 11.5 Å². The number of aliphatic imine (C=N–C) groups is 1. The molecule has 0 unspecified atom stereocenters. The van der Waals surface area contributed by atoms with Crippen LogP contribution < -0.4 is 5.32 Å². The molecule has 4 rings (SSSR count). The van der Waals surface area contributed by atoms with Gasteiger partial charge in [-0.05, 0) is 61.7 Å². The van der Waals surface area contributed by atoms with Crippen LogP contribution in [0.5, 0.6) is 0 Å². The van der Waals surface area contributed by atoms with Crippen molar-refractivity contribution < 1.29 is 9.18 Å². The standard InChI is InChI=1S/C29H29FN4O/c1-4-13-31-25(5-2)26-12-8-10-23(33-26)16-20-14-19(3)28-22(15-20)17-27(34-28)29(35)32-18-21-9-6-7-11-24(21)30/h5-15,17,34H,4,16,18H2,1-3H3,(H,32,35)/b25-5-,31-13?. The number of nitrogens with zero attached hydrogens (tertiary/aromatic N) is 2. The summed E-state index contributed by atoms with van der Waals surface area (Å²) in [6.45, 7) is 6.16. The quantitative estimate of drug-likeness (QED) is 0.295. The first-order chi connectivity index (χ1) is 17.0. The lowest BCUT2D eigenvalue weighted by Crippen LogP contribution is -2.23. The van der Waals surface area contributed by atoms with Crippen molar-refractivity contribution in [3.63, 3.8) is 0 Å². The molecule has 5 nitrogen and oxygen atoms in total. The Kier molecular flexibility index (Phi) is 7.51. The van der Waals surface area contributed by atoms with Crippen LogP contribution in [0.4, 0.5) is 4.39 Å². The topological polar surface area (TPSA) is 70.1 Å². The minimum Gasteiger partial charge on any atom is -0.350 e. The number of pyridine rings is 1. The summed E-state index contributed by atoms with van der Waals surface area (Å²) < 4.78 is 13.9. The van der Waals surface area contributed by atoms with Crippen LogP contribution in [0.2, 0.25) is 0 Å². The second-order valence-corrected chi connectivity index (χ2v) is 8.42. The molecule has 2 aromatic heterocycles. The summed E-state index contributed by atoms with van der Waals surface area (Å²) >= 11 is 0. The van der Waals surface area contributed by atoms with E-state index in [4.69, 9.17) is 4.98 Å². The molecular formula is C29H29FN4O. The summed E-state index contributed by atoms with van der Waals surface area (Å²) in [4.78, 5) is 25.2. The van der Waals surface area contributed by atoms with Gasteiger partial charge in [0.2, 0.25) is 0 Å². The van der Waals surface area contributed by atoms with E-state index in [-0.39, 0.29) is 18.3 Å². The minimum atomic E-state index is -0.332. The van der Waals surface area contributed by atoms with Gasteiger partial charge in [0.15, 0.2) is 0 Å².